The molecule has 2 aromatic heterocycles. The Balaban J connectivity index is 2.49. The van der Waals surface area contributed by atoms with Crippen LogP contribution in [0.1, 0.15) is 33.4 Å². The van der Waals surface area contributed by atoms with Crippen molar-refractivity contribution in [3.05, 3.63) is 30.4 Å². The molecule has 0 fully saturated rings. The maximum atomic E-state index is 4.59. The fourth-order valence-corrected chi connectivity index (χ4v) is 1.74. The molecule has 0 spiro atoms. The standard InChI is InChI=1S/C14H20N4/c1-10(2)5-6-12-14(16-11(3)4)18-8-7-15-9-13(18)17-12/h5-11,16H,1-4H3/b6-5+. The average molecular weight is 244 g/mol. The molecule has 18 heavy (non-hydrogen) atoms. The van der Waals surface area contributed by atoms with E-state index in [0.29, 0.717) is 12.0 Å². The minimum atomic E-state index is 0.365. The SMILES string of the molecule is CC(C)/C=C/c1nc2cnccn2c1NC(C)C. The number of hydrogen-bond acceptors (Lipinski definition) is 3. The number of rotatable bonds is 4. The maximum absolute atomic E-state index is 4.59. The molecule has 0 aliphatic carbocycles. The molecule has 4 nitrogen and oxygen atoms in total. The summed E-state index contributed by atoms with van der Waals surface area (Å²) in [6, 6.07) is 0.365. The van der Waals surface area contributed by atoms with Gasteiger partial charge in [0.25, 0.3) is 0 Å². The van der Waals surface area contributed by atoms with E-state index in [1.807, 2.05) is 10.6 Å². The van der Waals surface area contributed by atoms with E-state index in [4.69, 9.17) is 0 Å². The summed E-state index contributed by atoms with van der Waals surface area (Å²) in [4.78, 5) is 8.70. The van der Waals surface area contributed by atoms with Gasteiger partial charge in [0.1, 0.15) is 11.5 Å². The molecule has 2 rings (SSSR count). The van der Waals surface area contributed by atoms with Gasteiger partial charge < -0.3 is 5.32 Å². The van der Waals surface area contributed by atoms with Crippen LogP contribution in [0.4, 0.5) is 5.82 Å². The molecule has 0 aromatic carbocycles. The van der Waals surface area contributed by atoms with Gasteiger partial charge in [-0.15, -0.1) is 0 Å². The zero-order chi connectivity index (χ0) is 13.1. The highest BCUT2D eigenvalue weighted by atomic mass is 15.1. The highest BCUT2D eigenvalue weighted by molar-refractivity contribution is 5.66. The van der Waals surface area contributed by atoms with Gasteiger partial charge in [0.2, 0.25) is 0 Å². The van der Waals surface area contributed by atoms with Crippen LogP contribution in [0.5, 0.6) is 0 Å². The first-order valence-corrected chi connectivity index (χ1v) is 6.34. The summed E-state index contributed by atoms with van der Waals surface area (Å²) in [7, 11) is 0. The lowest BCUT2D eigenvalue weighted by molar-refractivity contribution is 0.836. The molecule has 0 bridgehead atoms. The molecule has 4 heteroatoms. The van der Waals surface area contributed by atoms with E-state index in [-0.39, 0.29) is 0 Å². The summed E-state index contributed by atoms with van der Waals surface area (Å²) in [5, 5.41) is 3.44. The number of anilines is 1. The van der Waals surface area contributed by atoms with Crippen LogP contribution in [0.2, 0.25) is 0 Å². The van der Waals surface area contributed by atoms with Crippen molar-refractivity contribution in [3.63, 3.8) is 0 Å². The van der Waals surface area contributed by atoms with Crippen molar-refractivity contribution in [1.82, 2.24) is 14.4 Å². The third kappa shape index (κ3) is 2.70. The van der Waals surface area contributed by atoms with Gasteiger partial charge >= 0.3 is 0 Å². The topological polar surface area (TPSA) is 42.2 Å². The largest absolute Gasteiger partial charge is 0.367 e. The van der Waals surface area contributed by atoms with Gasteiger partial charge in [0.05, 0.1) is 6.20 Å². The molecule has 0 aliphatic rings. The molecular weight excluding hydrogens is 224 g/mol. The second-order valence-corrected chi connectivity index (χ2v) is 5.05. The molecule has 2 aromatic rings. The van der Waals surface area contributed by atoms with E-state index in [0.717, 1.165) is 17.2 Å². The van der Waals surface area contributed by atoms with Crippen LogP contribution in [-0.2, 0) is 0 Å². The molecule has 0 radical (unpaired) electrons. The lowest BCUT2D eigenvalue weighted by Gasteiger charge is -2.10. The lowest BCUT2D eigenvalue weighted by atomic mass is 10.2. The van der Waals surface area contributed by atoms with Crippen LogP contribution >= 0.6 is 0 Å². The molecule has 0 saturated heterocycles. The summed E-state index contributed by atoms with van der Waals surface area (Å²) in [5.74, 6) is 1.54. The Kier molecular flexibility index (Phi) is 3.65. The normalized spacial score (nSPS) is 12.1. The van der Waals surface area contributed by atoms with Crippen molar-refractivity contribution in [2.45, 2.75) is 33.7 Å². The van der Waals surface area contributed by atoms with Crippen LogP contribution in [0.25, 0.3) is 11.7 Å². The summed E-state index contributed by atoms with van der Waals surface area (Å²) < 4.78 is 2.03. The Hall–Kier alpha value is -1.84. The van der Waals surface area contributed by atoms with Crippen LogP contribution in [-0.4, -0.2) is 20.4 Å². The molecular formula is C14H20N4. The molecule has 96 valence electrons. The van der Waals surface area contributed by atoms with Gasteiger partial charge in [0, 0.05) is 18.4 Å². The van der Waals surface area contributed by atoms with Crippen LogP contribution in [0.15, 0.2) is 24.7 Å². The first-order chi connectivity index (χ1) is 8.58. The van der Waals surface area contributed by atoms with Crippen LogP contribution < -0.4 is 5.32 Å². The van der Waals surface area contributed by atoms with Crippen molar-refractivity contribution in [2.75, 3.05) is 5.32 Å². The summed E-state index contributed by atoms with van der Waals surface area (Å²) in [6.45, 7) is 8.56. The smallest absolute Gasteiger partial charge is 0.157 e. The van der Waals surface area contributed by atoms with E-state index in [1.165, 1.54) is 0 Å². The highest BCUT2D eigenvalue weighted by Crippen LogP contribution is 2.20. The second kappa shape index (κ2) is 5.21. The number of imidazole rings is 1. The zero-order valence-electron chi connectivity index (χ0n) is 11.4. The molecule has 1 N–H and O–H groups in total. The predicted molar refractivity (Wildman–Crippen MR) is 75.6 cm³/mol. The second-order valence-electron chi connectivity index (χ2n) is 5.05. The van der Waals surface area contributed by atoms with E-state index in [2.05, 4.69) is 55.1 Å². The Labute approximate surface area is 108 Å². The van der Waals surface area contributed by atoms with Gasteiger partial charge in [-0.1, -0.05) is 19.9 Å². The average Bonchev–Trinajstić information content (AvgIpc) is 2.64. The van der Waals surface area contributed by atoms with Gasteiger partial charge in [-0.05, 0) is 25.8 Å². The highest BCUT2D eigenvalue weighted by Gasteiger charge is 2.10. The van der Waals surface area contributed by atoms with Crippen molar-refractivity contribution in [1.29, 1.82) is 0 Å². The van der Waals surface area contributed by atoms with Gasteiger partial charge in [0.15, 0.2) is 5.65 Å². The summed E-state index contributed by atoms with van der Waals surface area (Å²) >= 11 is 0. The number of fused-ring (bicyclic) bond motifs is 1. The van der Waals surface area contributed by atoms with Crippen LogP contribution in [0, 0.1) is 5.92 Å². The molecule has 0 atom stereocenters. The molecule has 0 unspecified atom stereocenters. The first kappa shape index (κ1) is 12.6. The molecule has 0 amide bonds. The Morgan fingerprint density at radius 1 is 1.28 bits per heavy atom. The number of allylic oxidation sites excluding steroid dienone is 1. The van der Waals surface area contributed by atoms with Gasteiger partial charge in [-0.25, -0.2) is 4.98 Å². The molecule has 0 saturated carbocycles. The third-order valence-electron chi connectivity index (χ3n) is 2.52. The number of nitrogens with zero attached hydrogens (tertiary/aromatic N) is 3. The number of hydrogen-bond donors (Lipinski definition) is 1. The van der Waals surface area contributed by atoms with E-state index in [1.54, 1.807) is 12.4 Å². The maximum Gasteiger partial charge on any atom is 0.157 e. The minimum Gasteiger partial charge on any atom is -0.367 e. The summed E-state index contributed by atoms with van der Waals surface area (Å²) in [6.07, 6.45) is 9.71. The van der Waals surface area contributed by atoms with Crippen molar-refractivity contribution in [2.24, 2.45) is 5.92 Å². The lowest BCUT2D eigenvalue weighted by Crippen LogP contribution is -2.12. The zero-order valence-corrected chi connectivity index (χ0v) is 11.4. The van der Waals surface area contributed by atoms with Crippen LogP contribution in [0.3, 0.4) is 0 Å². The quantitative estimate of drug-likeness (QED) is 0.898. The van der Waals surface area contributed by atoms with Crippen molar-refractivity contribution >= 4 is 17.5 Å². The molecule has 0 aliphatic heterocycles. The predicted octanol–water partition coefficient (Wildman–Crippen LogP) is 3.22. The van der Waals surface area contributed by atoms with E-state index >= 15 is 0 Å². The third-order valence-corrected chi connectivity index (χ3v) is 2.52. The fraction of sp³-hybridized carbons (Fsp3) is 0.429. The van der Waals surface area contributed by atoms with Crippen molar-refractivity contribution in [3.8, 4) is 0 Å². The minimum absolute atomic E-state index is 0.365. The van der Waals surface area contributed by atoms with Gasteiger partial charge in [-0.3, -0.25) is 9.38 Å². The Morgan fingerprint density at radius 3 is 2.72 bits per heavy atom. The van der Waals surface area contributed by atoms with E-state index in [9.17, 15) is 0 Å². The number of nitrogens with one attached hydrogen (secondary N) is 1. The fourth-order valence-electron chi connectivity index (χ4n) is 1.74. The van der Waals surface area contributed by atoms with E-state index < -0.39 is 0 Å². The van der Waals surface area contributed by atoms with Crippen molar-refractivity contribution < 1.29 is 0 Å². The monoisotopic (exact) mass is 244 g/mol. The number of aromatic nitrogens is 3. The first-order valence-electron chi connectivity index (χ1n) is 6.34. The Morgan fingerprint density at radius 2 is 2.06 bits per heavy atom. The molecule has 2 heterocycles. The summed E-state index contributed by atoms with van der Waals surface area (Å²) in [5.41, 5.74) is 1.83. The van der Waals surface area contributed by atoms with Gasteiger partial charge in [-0.2, -0.15) is 0 Å². The Bertz CT molecular complexity index is 552.